The maximum atomic E-state index is 13.0. The molecule has 0 aromatic heterocycles. The molecule has 0 saturated heterocycles. The van der Waals surface area contributed by atoms with Crippen molar-refractivity contribution in [1.29, 1.82) is 0 Å². The van der Waals surface area contributed by atoms with E-state index >= 15 is 0 Å². The minimum atomic E-state index is -4.94. The standard InChI is InChI=1S/C65H126O17P2/c1-6-9-12-15-18-20-21-22-23-24-25-26-27-29-36-41-46-51-65(70)82-61(55-76-63(68)49-44-39-34-31-30-33-37-42-47-58(4)5)57-80-84(73,74)78-53-59(66)52-77-83(71,72)79-56-60(54-75-62(67)48-43-38-32-17-14-11-8-3)81-64(69)50-45-40-35-28-19-16-13-10-7-2/h58-61,66H,6-57H2,1-5H3,(H,71,72)(H,73,74)/t59-,60+,61+/m0/s1. The molecule has 17 nitrogen and oxygen atoms in total. The Morgan fingerprint density at radius 3 is 0.810 bits per heavy atom. The van der Waals surface area contributed by atoms with Gasteiger partial charge in [0.25, 0.3) is 0 Å². The summed E-state index contributed by atoms with van der Waals surface area (Å²) in [5, 5.41) is 10.5. The molecule has 0 aromatic rings. The van der Waals surface area contributed by atoms with Crippen molar-refractivity contribution in [3.63, 3.8) is 0 Å². The van der Waals surface area contributed by atoms with Gasteiger partial charge < -0.3 is 33.8 Å². The van der Waals surface area contributed by atoms with E-state index in [0.717, 1.165) is 109 Å². The fourth-order valence-electron chi connectivity index (χ4n) is 9.76. The Bertz CT molecular complexity index is 1640. The lowest BCUT2D eigenvalue weighted by molar-refractivity contribution is -0.161. The number of phosphoric ester groups is 2. The van der Waals surface area contributed by atoms with Gasteiger partial charge in [0.15, 0.2) is 12.2 Å². The van der Waals surface area contributed by atoms with Gasteiger partial charge in [0.1, 0.15) is 19.3 Å². The van der Waals surface area contributed by atoms with Gasteiger partial charge in [-0.3, -0.25) is 37.3 Å². The lowest BCUT2D eigenvalue weighted by Crippen LogP contribution is -2.30. The Hall–Kier alpha value is -1.94. The second kappa shape index (κ2) is 58.7. The minimum Gasteiger partial charge on any atom is -0.462 e. The van der Waals surface area contributed by atoms with Crippen molar-refractivity contribution in [3.8, 4) is 0 Å². The summed E-state index contributed by atoms with van der Waals surface area (Å²) in [5.41, 5.74) is 0. The van der Waals surface area contributed by atoms with Crippen LogP contribution in [0.15, 0.2) is 0 Å². The molecule has 498 valence electrons. The molecule has 5 atom stereocenters. The van der Waals surface area contributed by atoms with Crippen molar-refractivity contribution in [3.05, 3.63) is 0 Å². The molecule has 3 N–H and O–H groups in total. The Balaban J connectivity index is 5.18. The normalized spacial score (nSPS) is 14.2. The SMILES string of the molecule is CCCCCCCCCCCCCCCCCCCC(=O)O[C@H](COC(=O)CCCCCCCCCCC(C)C)COP(=O)(O)OC[C@@H](O)COP(=O)(O)OC[C@@H](COC(=O)CCCCCCCCC)OC(=O)CCCCCCCCCCC. The van der Waals surface area contributed by atoms with E-state index in [9.17, 15) is 43.2 Å². The molecule has 0 aliphatic heterocycles. The average molecular weight is 1240 g/mol. The predicted octanol–water partition coefficient (Wildman–Crippen LogP) is 18.2. The van der Waals surface area contributed by atoms with Gasteiger partial charge in [-0.1, -0.05) is 279 Å². The smallest absolute Gasteiger partial charge is 0.462 e. The molecule has 0 spiro atoms. The van der Waals surface area contributed by atoms with E-state index in [0.29, 0.717) is 25.7 Å². The molecule has 19 heteroatoms. The summed E-state index contributed by atoms with van der Waals surface area (Å²) in [6.07, 6.45) is 43.3. The van der Waals surface area contributed by atoms with Crippen LogP contribution in [-0.2, 0) is 65.4 Å². The molecule has 0 aromatic carbocycles. The molecular formula is C65H126O17P2. The largest absolute Gasteiger partial charge is 0.472 e. The fourth-order valence-corrected chi connectivity index (χ4v) is 11.3. The van der Waals surface area contributed by atoms with Gasteiger partial charge in [0.2, 0.25) is 0 Å². The second-order valence-corrected chi connectivity index (χ2v) is 26.9. The molecule has 0 radical (unpaired) electrons. The molecule has 84 heavy (non-hydrogen) atoms. The van der Waals surface area contributed by atoms with Crippen molar-refractivity contribution in [2.45, 2.75) is 348 Å². The second-order valence-electron chi connectivity index (χ2n) is 24.0. The van der Waals surface area contributed by atoms with E-state index in [-0.39, 0.29) is 25.7 Å². The average Bonchev–Trinajstić information content (AvgIpc) is 3.60. The summed E-state index contributed by atoms with van der Waals surface area (Å²) in [6.45, 7) is 7.12. The first-order valence-electron chi connectivity index (χ1n) is 34.1. The highest BCUT2D eigenvalue weighted by Crippen LogP contribution is 2.45. The number of esters is 4. The molecular weight excluding hydrogens is 1110 g/mol. The van der Waals surface area contributed by atoms with E-state index < -0.39 is 97.5 Å². The van der Waals surface area contributed by atoms with E-state index in [2.05, 4.69) is 34.6 Å². The molecule has 2 unspecified atom stereocenters. The van der Waals surface area contributed by atoms with Crippen LogP contribution in [0, 0.1) is 5.92 Å². The monoisotopic (exact) mass is 1240 g/mol. The number of phosphoric acid groups is 2. The number of carbonyl (C=O) groups is 4. The number of rotatable bonds is 65. The molecule has 0 amide bonds. The summed E-state index contributed by atoms with van der Waals surface area (Å²) >= 11 is 0. The van der Waals surface area contributed by atoms with Crippen LogP contribution in [0.4, 0.5) is 0 Å². The number of aliphatic hydroxyl groups is 1. The minimum absolute atomic E-state index is 0.105. The summed E-state index contributed by atoms with van der Waals surface area (Å²) in [7, 11) is -9.88. The van der Waals surface area contributed by atoms with Gasteiger partial charge in [-0.25, -0.2) is 9.13 Å². The van der Waals surface area contributed by atoms with Crippen LogP contribution in [0.25, 0.3) is 0 Å². The van der Waals surface area contributed by atoms with E-state index in [1.807, 2.05) is 0 Å². The van der Waals surface area contributed by atoms with Gasteiger partial charge in [-0.05, 0) is 31.6 Å². The van der Waals surface area contributed by atoms with E-state index in [1.54, 1.807) is 0 Å². The zero-order valence-electron chi connectivity index (χ0n) is 54.0. The quantitative estimate of drug-likeness (QED) is 0.0222. The first kappa shape index (κ1) is 82.1. The summed E-state index contributed by atoms with van der Waals surface area (Å²) in [4.78, 5) is 72.1. The first-order valence-corrected chi connectivity index (χ1v) is 37.1. The number of hydrogen-bond donors (Lipinski definition) is 3. The van der Waals surface area contributed by atoms with E-state index in [4.69, 9.17) is 37.0 Å². The Kier molecular flexibility index (Phi) is 57.4. The third kappa shape index (κ3) is 59.0. The summed E-state index contributed by atoms with van der Waals surface area (Å²) in [5.74, 6) is -1.41. The maximum absolute atomic E-state index is 13.0. The van der Waals surface area contributed by atoms with Crippen molar-refractivity contribution < 1.29 is 80.2 Å². The van der Waals surface area contributed by atoms with Crippen LogP contribution < -0.4 is 0 Å². The maximum Gasteiger partial charge on any atom is 0.472 e. The van der Waals surface area contributed by atoms with Gasteiger partial charge in [0, 0.05) is 25.7 Å². The van der Waals surface area contributed by atoms with Crippen LogP contribution in [0.2, 0.25) is 0 Å². The molecule has 0 aliphatic rings. The zero-order valence-corrected chi connectivity index (χ0v) is 55.8. The molecule has 0 heterocycles. The number of aliphatic hydroxyl groups excluding tert-OH is 1. The third-order valence-corrected chi connectivity index (χ3v) is 16.9. The van der Waals surface area contributed by atoms with Crippen LogP contribution >= 0.6 is 15.6 Å². The number of hydrogen-bond acceptors (Lipinski definition) is 15. The Labute approximate surface area is 511 Å². The van der Waals surface area contributed by atoms with Crippen LogP contribution in [-0.4, -0.2) is 96.7 Å². The predicted molar refractivity (Wildman–Crippen MR) is 335 cm³/mol. The molecule has 0 aliphatic carbocycles. The van der Waals surface area contributed by atoms with Crippen LogP contribution in [0.1, 0.15) is 330 Å². The van der Waals surface area contributed by atoms with Crippen LogP contribution in [0.3, 0.4) is 0 Å². The zero-order chi connectivity index (χ0) is 62.0. The molecule has 0 saturated carbocycles. The summed E-state index contributed by atoms with van der Waals surface area (Å²) in [6, 6.07) is 0. The topological polar surface area (TPSA) is 237 Å². The molecule has 0 rings (SSSR count). The fraction of sp³-hybridized carbons (Fsp3) is 0.938. The first-order chi connectivity index (χ1) is 40.5. The Morgan fingerprint density at radius 1 is 0.321 bits per heavy atom. The highest BCUT2D eigenvalue weighted by Gasteiger charge is 2.30. The van der Waals surface area contributed by atoms with Crippen molar-refractivity contribution in [2.75, 3.05) is 39.6 Å². The third-order valence-electron chi connectivity index (χ3n) is 15.0. The highest BCUT2D eigenvalue weighted by molar-refractivity contribution is 7.47. The molecule has 0 fully saturated rings. The number of unbranched alkanes of at least 4 members (excludes halogenated alkanes) is 37. The lowest BCUT2D eigenvalue weighted by Gasteiger charge is -2.21. The van der Waals surface area contributed by atoms with E-state index in [1.165, 1.54) is 141 Å². The van der Waals surface area contributed by atoms with Crippen molar-refractivity contribution in [2.24, 2.45) is 5.92 Å². The number of ether oxygens (including phenoxy) is 4. The van der Waals surface area contributed by atoms with Crippen molar-refractivity contribution >= 4 is 39.5 Å². The van der Waals surface area contributed by atoms with Crippen LogP contribution in [0.5, 0.6) is 0 Å². The van der Waals surface area contributed by atoms with Gasteiger partial charge in [0.05, 0.1) is 26.4 Å². The van der Waals surface area contributed by atoms with Gasteiger partial charge in [-0.15, -0.1) is 0 Å². The molecule has 0 bridgehead atoms. The Morgan fingerprint density at radius 2 is 0.548 bits per heavy atom. The van der Waals surface area contributed by atoms with Gasteiger partial charge in [-0.2, -0.15) is 0 Å². The number of carbonyl (C=O) groups excluding carboxylic acids is 4. The van der Waals surface area contributed by atoms with Gasteiger partial charge >= 0.3 is 39.5 Å². The highest BCUT2D eigenvalue weighted by atomic mass is 31.2. The van der Waals surface area contributed by atoms with Crippen molar-refractivity contribution in [1.82, 2.24) is 0 Å². The lowest BCUT2D eigenvalue weighted by atomic mass is 10.0. The summed E-state index contributed by atoms with van der Waals surface area (Å²) < 4.78 is 67.9.